The number of hydrogen-bond donors (Lipinski definition) is 3. The number of benzene rings is 1. The van der Waals surface area contributed by atoms with E-state index in [-0.39, 0.29) is 11.9 Å². The summed E-state index contributed by atoms with van der Waals surface area (Å²) >= 11 is 5.79. The first-order valence-electron chi connectivity index (χ1n) is 6.67. The number of hydrogen-bond acceptors (Lipinski definition) is 3. The van der Waals surface area contributed by atoms with E-state index in [1.165, 1.54) is 7.05 Å². The maximum Gasteiger partial charge on any atom is 0.321 e. The molecular weight excluding hydrogens is 294 g/mol. The Morgan fingerprint density at radius 3 is 2.52 bits per heavy atom. The Morgan fingerprint density at radius 1 is 1.33 bits per heavy atom. The van der Waals surface area contributed by atoms with Crippen LogP contribution >= 0.6 is 11.6 Å². The van der Waals surface area contributed by atoms with Gasteiger partial charge < -0.3 is 15.0 Å². The van der Waals surface area contributed by atoms with Crippen LogP contribution in [0.2, 0.25) is 5.02 Å². The smallest absolute Gasteiger partial charge is 0.321 e. The van der Waals surface area contributed by atoms with Gasteiger partial charge in [-0.15, -0.1) is 0 Å². The highest BCUT2D eigenvalue weighted by Crippen LogP contribution is 2.14. The second kappa shape index (κ2) is 8.49. The van der Waals surface area contributed by atoms with Crippen molar-refractivity contribution in [2.75, 3.05) is 27.2 Å². The molecule has 0 radical (unpaired) electrons. The third-order valence-corrected chi connectivity index (χ3v) is 3.43. The predicted molar refractivity (Wildman–Crippen MR) is 80.8 cm³/mol. The van der Waals surface area contributed by atoms with Crippen LogP contribution in [0.25, 0.3) is 0 Å². The van der Waals surface area contributed by atoms with Gasteiger partial charge in [0.05, 0.1) is 7.05 Å². The van der Waals surface area contributed by atoms with Crippen molar-refractivity contribution in [1.82, 2.24) is 10.6 Å². The van der Waals surface area contributed by atoms with E-state index in [0.29, 0.717) is 18.2 Å². The van der Waals surface area contributed by atoms with Crippen molar-refractivity contribution in [3.05, 3.63) is 29.3 Å². The molecule has 6 nitrogen and oxygen atoms in total. The van der Waals surface area contributed by atoms with Crippen molar-refractivity contribution in [1.29, 1.82) is 0 Å². The molecule has 21 heavy (non-hydrogen) atoms. The van der Waals surface area contributed by atoms with Crippen LogP contribution in [-0.4, -0.2) is 45.2 Å². The molecule has 2 atom stereocenters. The number of halogens is 1. The van der Waals surface area contributed by atoms with E-state index in [4.69, 9.17) is 16.3 Å². The van der Waals surface area contributed by atoms with E-state index < -0.39 is 6.03 Å². The Morgan fingerprint density at radius 2 is 1.95 bits per heavy atom. The summed E-state index contributed by atoms with van der Waals surface area (Å²) in [4.78, 5) is 23.8. The normalized spacial score (nSPS) is 13.1. The molecule has 0 fully saturated rings. The molecule has 0 heterocycles. The van der Waals surface area contributed by atoms with Crippen LogP contribution in [0.3, 0.4) is 0 Å². The molecule has 0 aliphatic rings. The third-order valence-electron chi connectivity index (χ3n) is 3.18. The van der Waals surface area contributed by atoms with Gasteiger partial charge in [0.25, 0.3) is 5.91 Å². The summed E-state index contributed by atoms with van der Waals surface area (Å²) in [7, 11) is 3.34. The van der Waals surface area contributed by atoms with Gasteiger partial charge in [-0.1, -0.05) is 11.6 Å². The van der Waals surface area contributed by atoms with Gasteiger partial charge in [0.15, 0.2) is 6.04 Å². The molecule has 3 amide bonds. The first-order chi connectivity index (χ1) is 9.93. The van der Waals surface area contributed by atoms with Gasteiger partial charge in [-0.25, -0.2) is 4.79 Å². The number of likely N-dealkylation sites (N-methyl/N-ethyl adjacent to an activating group) is 1. The summed E-state index contributed by atoms with van der Waals surface area (Å²) in [5, 5.41) is 5.26. The quantitative estimate of drug-likeness (QED) is 0.696. The van der Waals surface area contributed by atoms with Crippen LogP contribution in [0.4, 0.5) is 4.79 Å². The summed E-state index contributed by atoms with van der Waals surface area (Å²) in [5.41, 5.74) is 0. The molecule has 0 saturated carbocycles. The molecule has 0 saturated heterocycles. The predicted octanol–water partition coefficient (Wildman–Crippen LogP) is 0.0776. The fourth-order valence-corrected chi connectivity index (χ4v) is 1.71. The van der Waals surface area contributed by atoms with Crippen LogP contribution in [0.5, 0.6) is 5.75 Å². The number of nitrogens with one attached hydrogen (secondary N) is 3. The molecule has 0 spiro atoms. The monoisotopic (exact) mass is 314 g/mol. The topological polar surface area (TPSA) is 71.9 Å². The number of imide groups is 1. The number of rotatable bonds is 6. The summed E-state index contributed by atoms with van der Waals surface area (Å²) < 4.78 is 5.57. The highest BCUT2D eigenvalue weighted by molar-refractivity contribution is 6.30. The SMILES string of the molecule is CNC(=O)NC(=O)[C@H](C)[NH+](C)CCOc1ccc(Cl)cc1. The summed E-state index contributed by atoms with van der Waals surface area (Å²) in [5.74, 6) is 0.410. The van der Waals surface area contributed by atoms with Gasteiger partial charge in [-0.2, -0.15) is 0 Å². The fraction of sp³-hybridized carbons (Fsp3) is 0.429. The van der Waals surface area contributed by atoms with E-state index >= 15 is 0 Å². The van der Waals surface area contributed by atoms with Crippen molar-refractivity contribution >= 4 is 23.5 Å². The molecule has 7 heteroatoms. The Kier molecular flexibility index (Phi) is 6.98. The van der Waals surface area contributed by atoms with E-state index in [2.05, 4.69) is 10.6 Å². The second-order valence-corrected chi connectivity index (χ2v) is 5.13. The standard InChI is InChI=1S/C14H20ClN3O3/c1-10(13(19)17-14(20)16-2)18(3)8-9-21-12-6-4-11(15)5-7-12/h4-7,10H,8-9H2,1-3H3,(H2,16,17,19,20)/p+1/t10-/m0/s1. The molecule has 1 rings (SSSR count). The van der Waals surface area contributed by atoms with Crippen LogP contribution in [0.15, 0.2) is 24.3 Å². The molecule has 0 aromatic heterocycles. The lowest BCUT2D eigenvalue weighted by molar-refractivity contribution is -0.894. The molecule has 3 N–H and O–H groups in total. The Labute approximate surface area is 129 Å². The molecule has 0 aliphatic carbocycles. The average molecular weight is 315 g/mol. The number of amides is 3. The lowest BCUT2D eigenvalue weighted by Crippen LogP contribution is -3.14. The minimum absolute atomic E-state index is 0.321. The van der Waals surface area contributed by atoms with Crippen LogP contribution in [-0.2, 0) is 4.79 Å². The van der Waals surface area contributed by atoms with Gasteiger partial charge in [-0.3, -0.25) is 10.1 Å². The zero-order valence-electron chi connectivity index (χ0n) is 12.4. The maximum absolute atomic E-state index is 11.8. The number of ether oxygens (including phenoxy) is 1. The lowest BCUT2D eigenvalue weighted by Gasteiger charge is -2.20. The molecule has 116 valence electrons. The van der Waals surface area contributed by atoms with Crippen molar-refractivity contribution in [2.24, 2.45) is 0 Å². The molecule has 1 aromatic rings. The Bertz CT molecular complexity index is 479. The van der Waals surface area contributed by atoms with Crippen LogP contribution in [0.1, 0.15) is 6.92 Å². The summed E-state index contributed by atoms with van der Waals surface area (Å²) in [6, 6.07) is 6.24. The zero-order chi connectivity index (χ0) is 15.8. The van der Waals surface area contributed by atoms with Crippen LogP contribution in [0, 0.1) is 0 Å². The van der Waals surface area contributed by atoms with Gasteiger partial charge in [0.1, 0.15) is 18.9 Å². The highest BCUT2D eigenvalue weighted by Gasteiger charge is 2.22. The summed E-state index contributed by atoms with van der Waals surface area (Å²) in [6.45, 7) is 2.85. The Hall–Kier alpha value is -1.79. The first kappa shape index (κ1) is 17.3. The van der Waals surface area contributed by atoms with Crippen molar-refractivity contribution < 1.29 is 19.2 Å². The first-order valence-corrected chi connectivity index (χ1v) is 7.05. The van der Waals surface area contributed by atoms with E-state index in [9.17, 15) is 9.59 Å². The van der Waals surface area contributed by atoms with Gasteiger partial charge in [-0.05, 0) is 31.2 Å². The minimum atomic E-state index is -0.503. The molecule has 0 bridgehead atoms. The average Bonchev–Trinajstić information content (AvgIpc) is 2.48. The van der Waals surface area contributed by atoms with Crippen molar-refractivity contribution in [3.8, 4) is 5.75 Å². The third kappa shape index (κ3) is 6.01. The molecular formula is C14H21ClN3O3+. The fourth-order valence-electron chi connectivity index (χ4n) is 1.58. The number of carbonyl (C=O) groups excluding carboxylic acids is 2. The summed E-state index contributed by atoms with van der Waals surface area (Å²) in [6.07, 6.45) is 0. The maximum atomic E-state index is 11.8. The minimum Gasteiger partial charge on any atom is -0.488 e. The number of urea groups is 1. The molecule has 1 unspecified atom stereocenters. The van der Waals surface area contributed by atoms with Crippen molar-refractivity contribution in [2.45, 2.75) is 13.0 Å². The number of carbonyl (C=O) groups is 2. The highest BCUT2D eigenvalue weighted by atomic mass is 35.5. The second-order valence-electron chi connectivity index (χ2n) is 4.69. The zero-order valence-corrected chi connectivity index (χ0v) is 13.2. The van der Waals surface area contributed by atoms with Crippen LogP contribution < -0.4 is 20.3 Å². The molecule has 1 aromatic carbocycles. The lowest BCUT2D eigenvalue weighted by atomic mass is 10.3. The van der Waals surface area contributed by atoms with Gasteiger partial charge in [0.2, 0.25) is 0 Å². The van der Waals surface area contributed by atoms with E-state index in [1.807, 2.05) is 7.05 Å². The van der Waals surface area contributed by atoms with Crippen molar-refractivity contribution in [3.63, 3.8) is 0 Å². The van der Waals surface area contributed by atoms with E-state index in [1.54, 1.807) is 31.2 Å². The van der Waals surface area contributed by atoms with Gasteiger partial charge in [0, 0.05) is 12.1 Å². The molecule has 0 aliphatic heterocycles. The Balaban J connectivity index is 2.35. The van der Waals surface area contributed by atoms with E-state index in [0.717, 1.165) is 10.6 Å². The number of quaternary nitrogens is 1. The largest absolute Gasteiger partial charge is 0.488 e. The van der Waals surface area contributed by atoms with Gasteiger partial charge >= 0.3 is 6.03 Å².